The average Bonchev–Trinajstić information content (AvgIpc) is 3.48. The highest BCUT2D eigenvalue weighted by atomic mass is 32.2. The highest BCUT2D eigenvalue weighted by Crippen LogP contribution is 2.33. The summed E-state index contributed by atoms with van der Waals surface area (Å²) in [4.78, 5) is 28.6. The van der Waals surface area contributed by atoms with E-state index in [1.807, 2.05) is 4.90 Å². The first-order chi connectivity index (χ1) is 18.0. The van der Waals surface area contributed by atoms with Gasteiger partial charge in [-0.15, -0.1) is 5.10 Å². The number of hydrogen-bond donors (Lipinski definition) is 1. The third-order valence-electron chi connectivity index (χ3n) is 7.20. The van der Waals surface area contributed by atoms with Crippen LogP contribution in [0.5, 0.6) is 0 Å². The van der Waals surface area contributed by atoms with E-state index < -0.39 is 20.2 Å². The van der Waals surface area contributed by atoms with Crippen LogP contribution in [-0.2, 0) is 14.6 Å². The number of halogens is 3. The molecule has 38 heavy (non-hydrogen) atoms. The maximum absolute atomic E-state index is 13.1. The summed E-state index contributed by atoms with van der Waals surface area (Å²) in [5, 5.41) is 10.5. The number of nitrogens with zero attached hydrogens (tertiary/aromatic N) is 4. The summed E-state index contributed by atoms with van der Waals surface area (Å²) in [7, 11) is -5.42. The molecule has 3 heterocycles. The Morgan fingerprint density at radius 3 is 2.26 bits per heavy atom. The molecule has 200 valence electrons. The van der Waals surface area contributed by atoms with Crippen LogP contribution < -0.4 is 0 Å². The number of H-pyrrole nitrogens is 1. The van der Waals surface area contributed by atoms with Crippen molar-refractivity contribution in [2.75, 3.05) is 26.2 Å². The molecule has 0 saturated carbocycles. The Balaban J connectivity index is 1.17. The number of rotatable bonds is 4. The number of sulfone groups is 1. The number of carbonyl (C=O) groups excluding carboxylic acids is 2. The minimum atomic E-state index is -5.42. The molecule has 2 fully saturated rings. The van der Waals surface area contributed by atoms with Crippen molar-refractivity contribution in [2.45, 2.75) is 23.2 Å². The molecule has 2 amide bonds. The zero-order valence-electron chi connectivity index (χ0n) is 20.1. The smallest absolute Gasteiger partial charge is 0.339 e. The van der Waals surface area contributed by atoms with Gasteiger partial charge in [-0.1, -0.05) is 17.3 Å². The van der Waals surface area contributed by atoms with Crippen LogP contribution in [0, 0.1) is 11.8 Å². The van der Waals surface area contributed by atoms with Gasteiger partial charge in [0.2, 0.25) is 5.91 Å². The van der Waals surface area contributed by atoms with E-state index in [0.29, 0.717) is 42.8 Å². The largest absolute Gasteiger partial charge is 0.501 e. The zero-order chi connectivity index (χ0) is 27.1. The molecule has 0 spiro atoms. The number of fused-ring (bicyclic) bond motifs is 2. The Kier molecular flexibility index (Phi) is 6.72. The lowest BCUT2D eigenvalue weighted by Gasteiger charge is -2.21. The molecule has 0 aliphatic carbocycles. The molecular weight excluding hydrogens is 523 g/mol. The van der Waals surface area contributed by atoms with Gasteiger partial charge in [-0.25, -0.2) is 8.42 Å². The topological polar surface area (TPSA) is 116 Å². The first-order valence-electron chi connectivity index (χ1n) is 12.0. The third kappa shape index (κ3) is 5.02. The van der Waals surface area contributed by atoms with Gasteiger partial charge >= 0.3 is 5.51 Å². The van der Waals surface area contributed by atoms with Crippen molar-refractivity contribution >= 4 is 38.8 Å². The summed E-state index contributed by atoms with van der Waals surface area (Å²) in [6, 6.07) is 9.46. The number of aromatic nitrogens is 3. The van der Waals surface area contributed by atoms with Gasteiger partial charge < -0.3 is 9.80 Å². The fraction of sp³-hybridized carbons (Fsp3) is 0.360. The second-order valence-electron chi connectivity index (χ2n) is 9.53. The summed E-state index contributed by atoms with van der Waals surface area (Å²) in [6.07, 6.45) is 4.29. The minimum Gasteiger partial charge on any atom is -0.339 e. The maximum atomic E-state index is 13.1. The van der Waals surface area contributed by atoms with Gasteiger partial charge in [0.25, 0.3) is 15.7 Å². The van der Waals surface area contributed by atoms with Gasteiger partial charge in [0.15, 0.2) is 0 Å². The first-order valence-corrected chi connectivity index (χ1v) is 13.5. The van der Waals surface area contributed by atoms with E-state index in [4.69, 9.17) is 0 Å². The Bertz CT molecular complexity index is 1490. The molecule has 2 atom stereocenters. The molecule has 13 heteroatoms. The van der Waals surface area contributed by atoms with Crippen molar-refractivity contribution < 1.29 is 31.2 Å². The molecule has 5 rings (SSSR count). The van der Waals surface area contributed by atoms with Crippen LogP contribution >= 0.6 is 0 Å². The van der Waals surface area contributed by atoms with E-state index in [1.165, 1.54) is 24.3 Å². The maximum Gasteiger partial charge on any atom is 0.501 e. The summed E-state index contributed by atoms with van der Waals surface area (Å²) < 4.78 is 61.1. The third-order valence-corrected chi connectivity index (χ3v) is 8.70. The molecule has 2 aliphatic rings. The lowest BCUT2D eigenvalue weighted by molar-refractivity contribution is -0.126. The fourth-order valence-electron chi connectivity index (χ4n) is 5.06. The lowest BCUT2D eigenvalue weighted by atomic mass is 9.92. The minimum absolute atomic E-state index is 0.0482. The molecule has 2 saturated heterocycles. The predicted molar refractivity (Wildman–Crippen MR) is 131 cm³/mol. The summed E-state index contributed by atoms with van der Waals surface area (Å²) in [6.45, 7) is 2.29. The zero-order valence-corrected chi connectivity index (χ0v) is 20.9. The molecule has 2 aliphatic heterocycles. The SMILES string of the molecule is O=C(/C=C/c1ccc(S(=O)(=O)C(F)(F)F)cc1)N1CC[C@@H]2CN(C(=O)c3ccc4[nH]nnc4c3)C[C@@H]2CC1. The van der Waals surface area contributed by atoms with Crippen LogP contribution in [0.4, 0.5) is 13.2 Å². The summed E-state index contributed by atoms with van der Waals surface area (Å²) in [5.74, 6) is 0.276. The first kappa shape index (κ1) is 25.9. The molecule has 0 bridgehead atoms. The molecule has 3 aromatic rings. The van der Waals surface area contributed by atoms with Crippen molar-refractivity contribution in [3.05, 3.63) is 59.7 Å². The van der Waals surface area contributed by atoms with E-state index in [-0.39, 0.29) is 23.7 Å². The number of benzene rings is 2. The fourth-order valence-corrected chi connectivity index (χ4v) is 5.82. The molecule has 1 N–H and O–H groups in total. The van der Waals surface area contributed by atoms with Crippen LogP contribution in [0.25, 0.3) is 17.1 Å². The average molecular weight is 548 g/mol. The number of nitrogens with one attached hydrogen (secondary N) is 1. The number of likely N-dealkylation sites (tertiary alicyclic amines) is 2. The number of carbonyl (C=O) groups is 2. The molecule has 2 aromatic carbocycles. The van der Waals surface area contributed by atoms with Gasteiger partial charge in [-0.05, 0) is 66.6 Å². The van der Waals surface area contributed by atoms with Gasteiger partial charge in [0, 0.05) is 37.8 Å². The van der Waals surface area contributed by atoms with Crippen molar-refractivity contribution in [3.63, 3.8) is 0 Å². The number of alkyl halides is 3. The lowest BCUT2D eigenvalue weighted by Crippen LogP contribution is -2.33. The Morgan fingerprint density at radius 2 is 1.63 bits per heavy atom. The van der Waals surface area contributed by atoms with Crippen LogP contribution in [-0.4, -0.2) is 77.1 Å². The molecule has 1 aromatic heterocycles. The highest BCUT2D eigenvalue weighted by molar-refractivity contribution is 7.92. The van der Waals surface area contributed by atoms with Gasteiger partial charge in [0.1, 0.15) is 5.52 Å². The van der Waals surface area contributed by atoms with Crippen LogP contribution in [0.2, 0.25) is 0 Å². The number of hydrogen-bond acceptors (Lipinski definition) is 6. The van der Waals surface area contributed by atoms with Crippen LogP contribution in [0.3, 0.4) is 0 Å². The predicted octanol–water partition coefficient (Wildman–Crippen LogP) is 3.28. The van der Waals surface area contributed by atoms with E-state index in [9.17, 15) is 31.2 Å². The number of amides is 2. The van der Waals surface area contributed by atoms with Crippen molar-refractivity contribution in [1.82, 2.24) is 25.2 Å². The van der Waals surface area contributed by atoms with E-state index in [0.717, 1.165) is 30.5 Å². The van der Waals surface area contributed by atoms with E-state index in [1.54, 1.807) is 23.1 Å². The van der Waals surface area contributed by atoms with Gasteiger partial charge in [-0.3, -0.25) is 14.7 Å². The van der Waals surface area contributed by atoms with Crippen molar-refractivity contribution in [1.29, 1.82) is 0 Å². The molecule has 0 unspecified atom stereocenters. The molecule has 0 radical (unpaired) electrons. The molecular formula is C25H24F3N5O4S. The second kappa shape index (κ2) is 9.86. The second-order valence-corrected chi connectivity index (χ2v) is 11.5. The summed E-state index contributed by atoms with van der Waals surface area (Å²) >= 11 is 0. The highest BCUT2D eigenvalue weighted by Gasteiger charge is 2.46. The Labute approximate surface area is 216 Å². The monoisotopic (exact) mass is 547 g/mol. The van der Waals surface area contributed by atoms with Gasteiger partial charge in [0.05, 0.1) is 10.4 Å². The Hall–Kier alpha value is -3.74. The van der Waals surface area contributed by atoms with E-state index >= 15 is 0 Å². The van der Waals surface area contributed by atoms with Crippen LogP contribution in [0.15, 0.2) is 53.4 Å². The van der Waals surface area contributed by atoms with Gasteiger partial charge in [-0.2, -0.15) is 13.2 Å². The van der Waals surface area contributed by atoms with Crippen LogP contribution in [0.1, 0.15) is 28.8 Å². The summed E-state index contributed by atoms with van der Waals surface area (Å²) in [5.41, 5.74) is -3.01. The number of aromatic amines is 1. The molecule has 9 nitrogen and oxygen atoms in total. The standard InChI is InChI=1S/C25H24F3N5O4S/c26-25(27,28)38(36,37)20-5-1-16(2-6-20)3-8-23(34)32-11-9-18-14-33(15-19(18)10-12-32)24(35)17-4-7-21-22(13-17)30-31-29-21/h1-8,13,18-19H,9-12,14-15H2,(H,29,30,31)/b8-3+/t18-,19+. The Morgan fingerprint density at radius 1 is 0.974 bits per heavy atom. The normalized spacial score (nSPS) is 20.6. The van der Waals surface area contributed by atoms with E-state index in [2.05, 4.69) is 15.4 Å². The quantitative estimate of drug-likeness (QED) is 0.502. The van der Waals surface area contributed by atoms with Crippen molar-refractivity contribution in [3.8, 4) is 0 Å². The van der Waals surface area contributed by atoms with Crippen molar-refractivity contribution in [2.24, 2.45) is 11.8 Å².